The Morgan fingerprint density at radius 1 is 0.972 bits per heavy atom. The fourth-order valence-corrected chi connectivity index (χ4v) is 5.48. The number of hydrogen-bond acceptors (Lipinski definition) is 7. The zero-order chi connectivity index (χ0) is 25.8. The van der Waals surface area contributed by atoms with Crippen LogP contribution in [0.3, 0.4) is 0 Å². The Hall–Kier alpha value is -3.58. The van der Waals surface area contributed by atoms with E-state index in [0.717, 1.165) is 33.0 Å². The van der Waals surface area contributed by atoms with Crippen LogP contribution in [0.1, 0.15) is 44.7 Å². The van der Waals surface area contributed by atoms with Crippen LogP contribution in [0.4, 0.5) is 0 Å². The SMILES string of the molecule is CCOC(=O)C1=C(C)N=C(C)C(C(=O)OCC)C1c1cccc(-c2nc(-c3ccccc3C)cs2)c1. The molecule has 0 spiro atoms. The van der Waals surface area contributed by atoms with Crippen molar-refractivity contribution in [1.29, 1.82) is 0 Å². The first-order chi connectivity index (χ1) is 17.3. The highest BCUT2D eigenvalue weighted by Gasteiger charge is 2.42. The third kappa shape index (κ3) is 5.02. The van der Waals surface area contributed by atoms with Crippen molar-refractivity contribution in [3.63, 3.8) is 0 Å². The van der Waals surface area contributed by atoms with Crippen molar-refractivity contribution in [2.45, 2.75) is 40.5 Å². The van der Waals surface area contributed by atoms with E-state index in [9.17, 15) is 9.59 Å². The number of aromatic nitrogens is 1. The minimum absolute atomic E-state index is 0.232. The summed E-state index contributed by atoms with van der Waals surface area (Å²) in [6.45, 7) is 9.66. The molecule has 0 saturated heterocycles. The van der Waals surface area contributed by atoms with Crippen LogP contribution in [0.25, 0.3) is 21.8 Å². The van der Waals surface area contributed by atoms with E-state index in [1.54, 1.807) is 39.0 Å². The standard InChI is InChI=1S/C29H30N2O4S/c1-6-34-28(32)24-18(4)30-19(5)25(29(33)35-7-2)26(24)20-12-10-13-21(15-20)27-31-23(16-36-27)22-14-9-8-11-17(22)3/h8-16,24,26H,6-7H2,1-5H3. The number of thiazole rings is 1. The molecular formula is C29H30N2O4S. The highest BCUT2D eigenvalue weighted by Crippen LogP contribution is 2.41. The average Bonchev–Trinajstić information content (AvgIpc) is 3.34. The van der Waals surface area contributed by atoms with E-state index < -0.39 is 23.8 Å². The van der Waals surface area contributed by atoms with Gasteiger partial charge in [-0.2, -0.15) is 0 Å². The minimum Gasteiger partial charge on any atom is -0.465 e. The smallest absolute Gasteiger partial charge is 0.336 e. The van der Waals surface area contributed by atoms with E-state index in [4.69, 9.17) is 14.5 Å². The largest absolute Gasteiger partial charge is 0.465 e. The number of ether oxygens (including phenoxy) is 2. The molecule has 2 unspecified atom stereocenters. The zero-order valence-corrected chi connectivity index (χ0v) is 22.0. The van der Waals surface area contributed by atoms with E-state index in [-0.39, 0.29) is 13.2 Å². The summed E-state index contributed by atoms with van der Waals surface area (Å²) in [5.41, 5.74) is 6.47. The van der Waals surface area contributed by atoms with Crippen molar-refractivity contribution >= 4 is 29.0 Å². The molecule has 0 radical (unpaired) electrons. The number of carbonyl (C=O) groups excluding carboxylic acids is 2. The van der Waals surface area contributed by atoms with Crippen LogP contribution in [0.15, 0.2) is 70.2 Å². The van der Waals surface area contributed by atoms with Gasteiger partial charge in [0.2, 0.25) is 0 Å². The molecule has 6 nitrogen and oxygen atoms in total. The van der Waals surface area contributed by atoms with Gasteiger partial charge in [0, 0.05) is 33.8 Å². The van der Waals surface area contributed by atoms with Gasteiger partial charge in [0.15, 0.2) is 0 Å². The lowest BCUT2D eigenvalue weighted by Crippen LogP contribution is -2.36. The highest BCUT2D eigenvalue weighted by atomic mass is 32.1. The summed E-state index contributed by atoms with van der Waals surface area (Å²) in [4.78, 5) is 35.6. The zero-order valence-electron chi connectivity index (χ0n) is 21.2. The minimum atomic E-state index is -0.720. The third-order valence-corrected chi connectivity index (χ3v) is 7.17. The number of esters is 2. The lowest BCUT2D eigenvalue weighted by Gasteiger charge is -2.31. The lowest BCUT2D eigenvalue weighted by molar-refractivity contribution is -0.146. The maximum Gasteiger partial charge on any atom is 0.336 e. The average molecular weight is 503 g/mol. The van der Waals surface area contributed by atoms with Gasteiger partial charge in [-0.15, -0.1) is 11.3 Å². The molecule has 0 N–H and O–H groups in total. The normalized spacial score (nSPS) is 17.5. The Morgan fingerprint density at radius 3 is 2.44 bits per heavy atom. The molecule has 2 heterocycles. The maximum atomic E-state index is 13.1. The molecule has 3 aromatic rings. The maximum absolute atomic E-state index is 13.1. The summed E-state index contributed by atoms with van der Waals surface area (Å²) in [6, 6.07) is 16.0. The van der Waals surface area contributed by atoms with E-state index in [2.05, 4.69) is 29.4 Å². The van der Waals surface area contributed by atoms with Crippen molar-refractivity contribution in [3.8, 4) is 21.8 Å². The van der Waals surface area contributed by atoms with Crippen LogP contribution in [-0.2, 0) is 19.1 Å². The van der Waals surface area contributed by atoms with Gasteiger partial charge < -0.3 is 9.47 Å². The molecule has 2 aromatic carbocycles. The van der Waals surface area contributed by atoms with Gasteiger partial charge in [-0.3, -0.25) is 9.79 Å². The van der Waals surface area contributed by atoms with Gasteiger partial charge in [-0.05, 0) is 51.8 Å². The molecule has 186 valence electrons. The summed E-state index contributed by atoms with van der Waals surface area (Å²) >= 11 is 1.56. The first-order valence-corrected chi connectivity index (χ1v) is 12.9. The molecule has 36 heavy (non-hydrogen) atoms. The molecule has 0 saturated carbocycles. The summed E-state index contributed by atoms with van der Waals surface area (Å²) in [5.74, 6) is -2.16. The number of aliphatic imine (C=N–C) groups is 1. The molecule has 0 fully saturated rings. The fourth-order valence-electron chi connectivity index (χ4n) is 4.66. The van der Waals surface area contributed by atoms with Crippen LogP contribution >= 0.6 is 11.3 Å². The molecular weight excluding hydrogens is 472 g/mol. The Bertz CT molecular complexity index is 1350. The Labute approximate surface area is 215 Å². The van der Waals surface area contributed by atoms with Crippen LogP contribution in [0, 0.1) is 12.8 Å². The molecule has 1 aliphatic rings. The quantitative estimate of drug-likeness (QED) is 0.351. The van der Waals surface area contributed by atoms with Gasteiger partial charge >= 0.3 is 11.9 Å². The van der Waals surface area contributed by atoms with Gasteiger partial charge in [0.05, 0.1) is 24.5 Å². The van der Waals surface area contributed by atoms with Crippen molar-refractivity contribution in [2.75, 3.05) is 13.2 Å². The Kier molecular flexibility index (Phi) is 7.79. The number of hydrogen-bond donors (Lipinski definition) is 0. The Morgan fingerprint density at radius 2 is 1.72 bits per heavy atom. The van der Waals surface area contributed by atoms with Gasteiger partial charge in [0.25, 0.3) is 0 Å². The van der Waals surface area contributed by atoms with Gasteiger partial charge in [0.1, 0.15) is 10.9 Å². The molecule has 0 bridgehead atoms. The summed E-state index contributed by atoms with van der Waals surface area (Å²) in [5, 5.41) is 2.92. The first kappa shape index (κ1) is 25.5. The second-order valence-corrected chi connectivity index (χ2v) is 9.52. The van der Waals surface area contributed by atoms with Crippen LogP contribution in [0.5, 0.6) is 0 Å². The van der Waals surface area contributed by atoms with Crippen molar-refractivity contribution in [2.24, 2.45) is 10.9 Å². The van der Waals surface area contributed by atoms with E-state index in [1.807, 2.05) is 36.4 Å². The van der Waals surface area contributed by atoms with Crippen LogP contribution in [0.2, 0.25) is 0 Å². The van der Waals surface area contributed by atoms with Crippen LogP contribution < -0.4 is 0 Å². The van der Waals surface area contributed by atoms with E-state index in [0.29, 0.717) is 17.0 Å². The second-order valence-electron chi connectivity index (χ2n) is 8.66. The van der Waals surface area contributed by atoms with E-state index >= 15 is 0 Å². The molecule has 0 amide bonds. The summed E-state index contributed by atoms with van der Waals surface area (Å²) in [7, 11) is 0. The molecule has 2 atom stereocenters. The molecule has 1 aromatic heterocycles. The number of aryl methyl sites for hydroxylation is 1. The monoisotopic (exact) mass is 502 g/mol. The Balaban J connectivity index is 1.79. The molecule has 1 aliphatic heterocycles. The van der Waals surface area contributed by atoms with Crippen molar-refractivity contribution in [1.82, 2.24) is 4.98 Å². The highest BCUT2D eigenvalue weighted by molar-refractivity contribution is 7.13. The predicted octanol–water partition coefficient (Wildman–Crippen LogP) is 6.36. The summed E-state index contributed by atoms with van der Waals surface area (Å²) in [6.07, 6.45) is 0. The number of benzene rings is 2. The molecule has 0 aliphatic carbocycles. The second kappa shape index (κ2) is 11.0. The summed E-state index contributed by atoms with van der Waals surface area (Å²) < 4.78 is 10.8. The molecule has 4 rings (SSSR count). The lowest BCUT2D eigenvalue weighted by atomic mass is 9.75. The van der Waals surface area contributed by atoms with Gasteiger partial charge in [-0.25, -0.2) is 9.78 Å². The first-order valence-electron chi connectivity index (χ1n) is 12.1. The predicted molar refractivity (Wildman–Crippen MR) is 143 cm³/mol. The molecule has 7 heteroatoms. The number of rotatable bonds is 7. The third-order valence-electron chi connectivity index (χ3n) is 6.28. The number of nitrogens with zero attached hydrogens (tertiary/aromatic N) is 2. The topological polar surface area (TPSA) is 77.8 Å². The fraction of sp³-hybridized carbons (Fsp3) is 0.310. The van der Waals surface area contributed by atoms with Gasteiger partial charge in [-0.1, -0.05) is 42.5 Å². The van der Waals surface area contributed by atoms with E-state index in [1.165, 1.54) is 0 Å². The van der Waals surface area contributed by atoms with Crippen LogP contribution in [-0.4, -0.2) is 35.8 Å². The number of allylic oxidation sites excluding steroid dienone is 1. The van der Waals surface area contributed by atoms with Crippen molar-refractivity contribution < 1.29 is 19.1 Å². The van der Waals surface area contributed by atoms with Crippen molar-refractivity contribution in [3.05, 3.63) is 76.3 Å². The number of carbonyl (C=O) groups is 2.